The van der Waals surface area contributed by atoms with Crippen LogP contribution < -0.4 is 8.92 Å². The number of ether oxygens (including phenoxy) is 4. The minimum absolute atomic E-state index is 0.0276. The molecule has 46 heavy (non-hydrogen) atoms. The molecule has 1 aliphatic rings. The van der Waals surface area contributed by atoms with E-state index >= 15 is 0 Å². The second-order valence-corrected chi connectivity index (χ2v) is 12.5. The van der Waals surface area contributed by atoms with E-state index in [0.717, 1.165) is 10.9 Å². The molecule has 0 fully saturated rings. The number of hydrogen-bond donors (Lipinski definition) is 0. The van der Waals surface area contributed by atoms with Crippen molar-refractivity contribution in [3.63, 3.8) is 0 Å². The summed E-state index contributed by atoms with van der Waals surface area (Å²) in [5, 5.41) is 1.62. The van der Waals surface area contributed by atoms with Crippen molar-refractivity contribution in [1.82, 2.24) is 4.57 Å². The van der Waals surface area contributed by atoms with E-state index in [1.54, 1.807) is 60.0 Å². The molecule has 1 aromatic heterocycles. The van der Waals surface area contributed by atoms with E-state index in [4.69, 9.17) is 46.3 Å². The summed E-state index contributed by atoms with van der Waals surface area (Å²) in [6, 6.07) is 26.7. The number of halogens is 2. The van der Waals surface area contributed by atoms with Gasteiger partial charge in [-0.3, -0.25) is 0 Å². The molecule has 5 aromatic rings. The quantitative estimate of drug-likeness (QED) is 0.102. The molecule has 2 heterocycles. The van der Waals surface area contributed by atoms with Crippen LogP contribution in [0, 0.1) is 0 Å². The molecule has 4 aromatic carbocycles. The Hall–Kier alpha value is -4.64. The minimum atomic E-state index is -4.03. The molecule has 0 saturated heterocycles. The summed E-state index contributed by atoms with van der Waals surface area (Å²) >= 11 is 12.7. The highest BCUT2D eigenvalue weighted by Gasteiger charge is 2.26. The Labute approximate surface area is 275 Å². The fourth-order valence-electron chi connectivity index (χ4n) is 4.88. The number of hydrogen-bond acceptors (Lipinski definition) is 8. The monoisotopic (exact) mass is 679 g/mol. The molecule has 12 heteroatoms. The maximum atomic E-state index is 12.9. The van der Waals surface area contributed by atoms with E-state index in [1.165, 1.54) is 30.5 Å². The first kappa shape index (κ1) is 31.3. The van der Waals surface area contributed by atoms with Crippen molar-refractivity contribution in [1.29, 1.82) is 0 Å². The molecular weight excluding hydrogens is 653 g/mol. The zero-order valence-corrected chi connectivity index (χ0v) is 26.7. The summed E-state index contributed by atoms with van der Waals surface area (Å²) in [5.41, 5.74) is 2.27. The third-order valence-electron chi connectivity index (χ3n) is 7.06. The lowest BCUT2D eigenvalue weighted by molar-refractivity contribution is -0.0360. The standard InChI is InChI=1S/C34H27Cl2NO8S/c1-2-41-33(38)32-18-22-16-24(13-15-31(22)37(32)19-26-21-43-34(44-26)28-10-6-7-11-30(28)36)42-20-23-17-25(12-14-29(23)35)45-46(39,40)27-8-4-3-5-9-27/h3-18,21,34H,2,19-20H2,1H3. The number of carbonyl (C=O) groups is 1. The Morgan fingerprint density at radius 3 is 2.43 bits per heavy atom. The van der Waals surface area contributed by atoms with Crippen molar-refractivity contribution in [3.8, 4) is 11.5 Å². The zero-order chi connectivity index (χ0) is 32.3. The SMILES string of the molecule is CCOC(=O)c1cc2cc(OCc3cc(OS(=O)(=O)c4ccccc4)ccc3Cl)ccc2n1CC1=COC(c2ccccc2Cl)O1. The van der Waals surface area contributed by atoms with Gasteiger partial charge in [0.25, 0.3) is 6.29 Å². The fraction of sp³-hybridized carbons (Fsp3) is 0.147. The number of esters is 1. The fourth-order valence-corrected chi connectivity index (χ4v) is 6.22. The lowest BCUT2D eigenvalue weighted by Crippen LogP contribution is -2.13. The van der Waals surface area contributed by atoms with Gasteiger partial charge in [0.15, 0.2) is 5.76 Å². The van der Waals surface area contributed by atoms with Crippen LogP contribution in [0.4, 0.5) is 0 Å². The summed E-state index contributed by atoms with van der Waals surface area (Å²) in [5.74, 6) is 0.608. The van der Waals surface area contributed by atoms with Gasteiger partial charge in [0.1, 0.15) is 35.0 Å². The first-order chi connectivity index (χ1) is 22.2. The van der Waals surface area contributed by atoms with Crippen LogP contribution in [0.2, 0.25) is 10.0 Å². The number of allylic oxidation sites excluding steroid dienone is 1. The number of rotatable bonds is 11. The number of nitrogens with zero attached hydrogens (tertiary/aromatic N) is 1. The lowest BCUT2D eigenvalue weighted by Gasteiger charge is -2.15. The van der Waals surface area contributed by atoms with Crippen molar-refractivity contribution in [2.24, 2.45) is 0 Å². The smallest absolute Gasteiger partial charge is 0.354 e. The van der Waals surface area contributed by atoms with E-state index in [2.05, 4.69) is 0 Å². The normalized spacial score (nSPS) is 14.3. The number of carbonyl (C=O) groups excluding carboxylic acids is 1. The van der Waals surface area contributed by atoms with Gasteiger partial charge in [-0.2, -0.15) is 8.42 Å². The Kier molecular flexibility index (Phi) is 9.12. The Bertz CT molecular complexity index is 2040. The highest BCUT2D eigenvalue weighted by atomic mass is 35.5. The van der Waals surface area contributed by atoms with Gasteiger partial charge in [-0.15, -0.1) is 0 Å². The number of fused-ring (bicyclic) bond motifs is 1. The third-order valence-corrected chi connectivity index (χ3v) is 9.04. The van der Waals surface area contributed by atoms with Gasteiger partial charge < -0.3 is 27.7 Å². The predicted molar refractivity (Wildman–Crippen MR) is 172 cm³/mol. The van der Waals surface area contributed by atoms with Gasteiger partial charge in [-0.25, -0.2) is 4.79 Å². The summed E-state index contributed by atoms with van der Waals surface area (Å²) in [6.07, 6.45) is 0.810. The highest BCUT2D eigenvalue weighted by Crippen LogP contribution is 2.35. The molecule has 0 radical (unpaired) electrons. The summed E-state index contributed by atoms with van der Waals surface area (Å²) in [7, 11) is -4.03. The molecular formula is C34H27Cl2NO8S. The van der Waals surface area contributed by atoms with Crippen LogP contribution in [0.15, 0.2) is 114 Å². The largest absolute Gasteiger partial charge is 0.489 e. The van der Waals surface area contributed by atoms with E-state index in [-0.39, 0.29) is 30.4 Å². The van der Waals surface area contributed by atoms with Crippen LogP contribution >= 0.6 is 23.2 Å². The predicted octanol–water partition coefficient (Wildman–Crippen LogP) is 8.06. The molecule has 9 nitrogen and oxygen atoms in total. The average molecular weight is 681 g/mol. The molecule has 1 unspecified atom stereocenters. The van der Waals surface area contributed by atoms with Crippen LogP contribution in [0.1, 0.15) is 34.8 Å². The summed E-state index contributed by atoms with van der Waals surface area (Å²) in [6.45, 7) is 2.18. The van der Waals surface area contributed by atoms with Gasteiger partial charge in [0.2, 0.25) is 0 Å². The van der Waals surface area contributed by atoms with Gasteiger partial charge in [0.05, 0.1) is 23.7 Å². The van der Waals surface area contributed by atoms with E-state index in [1.807, 2.05) is 24.3 Å². The molecule has 1 atom stereocenters. The van der Waals surface area contributed by atoms with E-state index in [0.29, 0.717) is 38.4 Å². The molecule has 0 amide bonds. The minimum Gasteiger partial charge on any atom is -0.489 e. The van der Waals surface area contributed by atoms with Crippen LogP contribution in [-0.4, -0.2) is 25.6 Å². The molecule has 0 bridgehead atoms. The Morgan fingerprint density at radius 2 is 1.65 bits per heavy atom. The van der Waals surface area contributed by atoms with Crippen LogP contribution in [0.25, 0.3) is 10.9 Å². The van der Waals surface area contributed by atoms with Crippen molar-refractivity contribution in [2.45, 2.75) is 31.3 Å². The molecule has 1 aliphatic heterocycles. The average Bonchev–Trinajstić information content (AvgIpc) is 3.66. The number of benzene rings is 4. The van der Waals surface area contributed by atoms with Crippen LogP contribution in [-0.2, 0) is 37.5 Å². The first-order valence-corrected chi connectivity index (χ1v) is 16.3. The van der Waals surface area contributed by atoms with Crippen LogP contribution in [0.5, 0.6) is 11.5 Å². The Balaban J connectivity index is 1.20. The second-order valence-electron chi connectivity index (χ2n) is 10.1. The van der Waals surface area contributed by atoms with E-state index in [9.17, 15) is 13.2 Å². The zero-order valence-electron chi connectivity index (χ0n) is 24.4. The summed E-state index contributed by atoms with van der Waals surface area (Å²) in [4.78, 5) is 13.0. The molecule has 0 spiro atoms. The van der Waals surface area contributed by atoms with Crippen molar-refractivity contribution in [3.05, 3.63) is 136 Å². The van der Waals surface area contributed by atoms with Gasteiger partial charge in [-0.05, 0) is 67.6 Å². The molecule has 236 valence electrons. The number of aromatic nitrogens is 1. The Morgan fingerprint density at radius 1 is 0.891 bits per heavy atom. The van der Waals surface area contributed by atoms with Crippen LogP contribution in [0.3, 0.4) is 0 Å². The molecule has 0 saturated carbocycles. The topological polar surface area (TPSA) is 102 Å². The summed E-state index contributed by atoms with van der Waals surface area (Å²) < 4.78 is 55.6. The van der Waals surface area contributed by atoms with Crippen molar-refractivity contribution in [2.75, 3.05) is 6.61 Å². The maximum Gasteiger partial charge on any atom is 0.354 e. The maximum absolute atomic E-state index is 12.9. The third kappa shape index (κ3) is 6.79. The molecule has 6 rings (SSSR count). The van der Waals surface area contributed by atoms with Crippen molar-refractivity contribution < 1.29 is 36.3 Å². The molecule has 0 aliphatic carbocycles. The van der Waals surface area contributed by atoms with Crippen molar-refractivity contribution >= 4 is 50.2 Å². The van der Waals surface area contributed by atoms with Gasteiger partial charge in [0, 0.05) is 21.5 Å². The van der Waals surface area contributed by atoms with E-state index < -0.39 is 22.4 Å². The molecule has 0 N–H and O–H groups in total. The lowest BCUT2D eigenvalue weighted by atomic mass is 10.2. The first-order valence-electron chi connectivity index (χ1n) is 14.2. The van der Waals surface area contributed by atoms with Gasteiger partial charge >= 0.3 is 16.1 Å². The highest BCUT2D eigenvalue weighted by molar-refractivity contribution is 7.87. The second kappa shape index (κ2) is 13.4. The van der Waals surface area contributed by atoms with Gasteiger partial charge in [-0.1, -0.05) is 59.6 Å².